The van der Waals surface area contributed by atoms with E-state index in [0.29, 0.717) is 12.8 Å². The van der Waals surface area contributed by atoms with E-state index in [1.165, 1.54) is 167 Å². The van der Waals surface area contributed by atoms with Gasteiger partial charge in [-0.2, -0.15) is 0 Å². The van der Waals surface area contributed by atoms with Crippen LogP contribution in [0.1, 0.15) is 239 Å². The van der Waals surface area contributed by atoms with Gasteiger partial charge < -0.3 is 15.5 Å². The number of amides is 1. The van der Waals surface area contributed by atoms with Crippen LogP contribution in [0.4, 0.5) is 0 Å². The molecule has 3 N–H and O–H groups in total. The predicted molar refractivity (Wildman–Crippen MR) is 216 cm³/mol. The smallest absolute Gasteiger partial charge is 0.220 e. The van der Waals surface area contributed by atoms with Gasteiger partial charge in [-0.25, -0.2) is 0 Å². The summed E-state index contributed by atoms with van der Waals surface area (Å²) < 4.78 is 0. The van der Waals surface area contributed by atoms with Gasteiger partial charge in [0.25, 0.3) is 0 Å². The summed E-state index contributed by atoms with van der Waals surface area (Å²) in [6, 6.07) is -0.541. The zero-order valence-corrected chi connectivity index (χ0v) is 33.2. The number of carbonyl (C=O) groups is 1. The van der Waals surface area contributed by atoms with Crippen LogP contribution in [0.25, 0.3) is 0 Å². The van der Waals surface area contributed by atoms with E-state index in [2.05, 4.69) is 43.5 Å². The third kappa shape index (κ3) is 37.9. The van der Waals surface area contributed by atoms with Gasteiger partial charge in [-0.15, -0.1) is 0 Å². The molecule has 0 bridgehead atoms. The lowest BCUT2D eigenvalue weighted by molar-refractivity contribution is -0.123. The fourth-order valence-corrected chi connectivity index (χ4v) is 6.80. The third-order valence-electron chi connectivity index (χ3n) is 10.2. The van der Waals surface area contributed by atoms with Crippen molar-refractivity contribution >= 4 is 5.91 Å². The average molecular weight is 690 g/mol. The van der Waals surface area contributed by atoms with Gasteiger partial charge in [-0.3, -0.25) is 4.79 Å². The Morgan fingerprint density at radius 1 is 0.490 bits per heavy atom. The Morgan fingerprint density at radius 3 is 1.27 bits per heavy atom. The van der Waals surface area contributed by atoms with Gasteiger partial charge in [0.1, 0.15) is 0 Å². The summed E-state index contributed by atoms with van der Waals surface area (Å²) in [5, 5.41) is 23.2. The van der Waals surface area contributed by atoms with Crippen LogP contribution in [0.2, 0.25) is 0 Å². The van der Waals surface area contributed by atoms with Crippen molar-refractivity contribution in [2.45, 2.75) is 251 Å². The molecule has 0 aliphatic carbocycles. The molecule has 0 saturated carbocycles. The molecule has 0 aromatic carbocycles. The second kappa shape index (κ2) is 41.3. The summed E-state index contributed by atoms with van der Waals surface area (Å²) in [5.41, 5.74) is 0. The average Bonchev–Trinajstić information content (AvgIpc) is 3.10. The number of hydrogen-bond acceptors (Lipinski definition) is 3. The van der Waals surface area contributed by atoms with Gasteiger partial charge in [-0.1, -0.05) is 212 Å². The maximum absolute atomic E-state index is 12.4. The van der Waals surface area contributed by atoms with Crippen molar-refractivity contribution in [2.24, 2.45) is 0 Å². The molecule has 290 valence electrons. The van der Waals surface area contributed by atoms with E-state index in [0.717, 1.165) is 44.9 Å². The molecule has 1 amide bonds. The highest BCUT2D eigenvalue weighted by Crippen LogP contribution is 2.16. The monoisotopic (exact) mass is 690 g/mol. The lowest BCUT2D eigenvalue weighted by Gasteiger charge is -2.22. The van der Waals surface area contributed by atoms with E-state index in [1.807, 2.05) is 0 Å². The molecule has 0 radical (unpaired) electrons. The number of hydrogen-bond donors (Lipinski definition) is 3. The molecule has 2 unspecified atom stereocenters. The van der Waals surface area contributed by atoms with Gasteiger partial charge in [0, 0.05) is 6.42 Å². The fraction of sp³-hybridized carbons (Fsp3) is 0.889. The van der Waals surface area contributed by atoms with Gasteiger partial charge in [0.15, 0.2) is 0 Å². The first-order valence-electron chi connectivity index (χ1n) is 22.0. The molecule has 0 aromatic heterocycles. The molecule has 0 aliphatic heterocycles. The van der Waals surface area contributed by atoms with Gasteiger partial charge in [-0.05, 0) is 44.9 Å². The first-order valence-corrected chi connectivity index (χ1v) is 22.0. The van der Waals surface area contributed by atoms with E-state index >= 15 is 0 Å². The van der Waals surface area contributed by atoms with Crippen LogP contribution in [-0.2, 0) is 4.79 Å². The molecule has 2 atom stereocenters. The van der Waals surface area contributed by atoms with E-state index in [4.69, 9.17) is 0 Å². The molecule has 0 aliphatic rings. The number of allylic oxidation sites excluding steroid dienone is 4. The third-order valence-corrected chi connectivity index (χ3v) is 10.2. The van der Waals surface area contributed by atoms with Crippen molar-refractivity contribution in [3.8, 4) is 0 Å². The Labute approximate surface area is 307 Å². The van der Waals surface area contributed by atoms with Crippen LogP contribution in [0.3, 0.4) is 0 Å². The quantitative estimate of drug-likeness (QED) is 0.0443. The SMILES string of the molecule is CCCCC/C=C\C/C=C\CCCCCCCC(=O)NC(CO)C(O)CCCCCCCCCCCCCCCCCCCCCCCC. The molecule has 0 aromatic rings. The van der Waals surface area contributed by atoms with E-state index < -0.39 is 12.1 Å². The summed E-state index contributed by atoms with van der Waals surface area (Å²) in [6.45, 7) is 4.34. The molecule has 0 spiro atoms. The number of unbranched alkanes of at least 4 members (excludes halogenated alkanes) is 29. The second-order valence-electron chi connectivity index (χ2n) is 15.1. The summed E-state index contributed by atoms with van der Waals surface area (Å²) in [6.07, 6.45) is 52.5. The highest BCUT2D eigenvalue weighted by atomic mass is 16.3. The van der Waals surface area contributed by atoms with E-state index in [-0.39, 0.29) is 12.5 Å². The number of carbonyl (C=O) groups excluding carboxylic acids is 1. The van der Waals surface area contributed by atoms with Crippen LogP contribution in [0.5, 0.6) is 0 Å². The van der Waals surface area contributed by atoms with Crippen molar-refractivity contribution in [2.75, 3.05) is 6.61 Å². The largest absolute Gasteiger partial charge is 0.394 e. The minimum absolute atomic E-state index is 0.0436. The zero-order chi connectivity index (χ0) is 35.7. The standard InChI is InChI=1S/C45H87NO3/c1-3-5-7-9-11-13-15-17-19-20-21-22-23-24-25-27-28-30-32-34-36-38-40-44(48)43(42-47)46-45(49)41-39-37-35-33-31-29-26-18-16-14-12-10-8-6-4-2/h12,14,18,26,43-44,47-48H,3-11,13,15-17,19-25,27-42H2,1-2H3,(H,46,49)/b14-12-,26-18-. The van der Waals surface area contributed by atoms with Crippen LogP contribution < -0.4 is 5.32 Å². The molecule has 4 nitrogen and oxygen atoms in total. The number of rotatable bonds is 40. The summed E-state index contributed by atoms with van der Waals surface area (Å²) >= 11 is 0. The Balaban J connectivity index is 3.50. The Hall–Kier alpha value is -1.13. The maximum Gasteiger partial charge on any atom is 0.220 e. The summed E-state index contributed by atoms with van der Waals surface area (Å²) in [7, 11) is 0. The van der Waals surface area contributed by atoms with Crippen molar-refractivity contribution in [3.05, 3.63) is 24.3 Å². The predicted octanol–water partition coefficient (Wildman–Crippen LogP) is 13.6. The highest BCUT2D eigenvalue weighted by molar-refractivity contribution is 5.76. The zero-order valence-electron chi connectivity index (χ0n) is 33.2. The van der Waals surface area contributed by atoms with E-state index in [1.54, 1.807) is 0 Å². The van der Waals surface area contributed by atoms with Crippen LogP contribution in [0, 0.1) is 0 Å². The molecule has 0 heterocycles. The lowest BCUT2D eigenvalue weighted by Crippen LogP contribution is -2.45. The Morgan fingerprint density at radius 2 is 0.837 bits per heavy atom. The van der Waals surface area contributed by atoms with Crippen LogP contribution in [-0.4, -0.2) is 34.9 Å². The number of aliphatic hydroxyl groups excluding tert-OH is 2. The highest BCUT2D eigenvalue weighted by Gasteiger charge is 2.20. The molecule has 49 heavy (non-hydrogen) atoms. The minimum Gasteiger partial charge on any atom is -0.394 e. The van der Waals surface area contributed by atoms with Crippen molar-refractivity contribution < 1.29 is 15.0 Å². The van der Waals surface area contributed by atoms with Gasteiger partial charge >= 0.3 is 0 Å². The molecule has 0 rings (SSSR count). The first kappa shape index (κ1) is 47.9. The molecular weight excluding hydrogens is 602 g/mol. The van der Waals surface area contributed by atoms with Gasteiger partial charge in [0.2, 0.25) is 5.91 Å². The topological polar surface area (TPSA) is 69.6 Å². The molecule has 4 heteroatoms. The van der Waals surface area contributed by atoms with Crippen molar-refractivity contribution in [1.82, 2.24) is 5.32 Å². The fourth-order valence-electron chi connectivity index (χ4n) is 6.80. The van der Waals surface area contributed by atoms with E-state index in [9.17, 15) is 15.0 Å². The normalized spacial score (nSPS) is 13.1. The minimum atomic E-state index is -0.663. The molecule has 0 fully saturated rings. The lowest BCUT2D eigenvalue weighted by atomic mass is 10.0. The molecular formula is C45H87NO3. The molecule has 0 saturated heterocycles. The summed E-state index contributed by atoms with van der Waals surface area (Å²) in [4.78, 5) is 12.4. The van der Waals surface area contributed by atoms with Crippen molar-refractivity contribution in [3.63, 3.8) is 0 Å². The Bertz CT molecular complexity index is 705. The number of nitrogens with one attached hydrogen (secondary N) is 1. The maximum atomic E-state index is 12.4. The second-order valence-corrected chi connectivity index (χ2v) is 15.1. The van der Waals surface area contributed by atoms with Crippen LogP contribution in [0.15, 0.2) is 24.3 Å². The van der Waals surface area contributed by atoms with Crippen molar-refractivity contribution in [1.29, 1.82) is 0 Å². The summed E-state index contributed by atoms with van der Waals surface area (Å²) in [5.74, 6) is -0.0436. The Kier molecular flexibility index (Phi) is 40.3. The van der Waals surface area contributed by atoms with Crippen LogP contribution >= 0.6 is 0 Å². The number of aliphatic hydroxyl groups is 2. The van der Waals surface area contributed by atoms with Gasteiger partial charge in [0.05, 0.1) is 18.8 Å². The first-order chi connectivity index (χ1) is 24.2.